The number of fused-ring (bicyclic) bond motifs is 2. The second-order valence-corrected chi connectivity index (χ2v) is 8.81. The highest BCUT2D eigenvalue weighted by Gasteiger charge is 2.26. The number of primary sulfonamides is 1. The summed E-state index contributed by atoms with van der Waals surface area (Å²) in [7, 11) is 0.349. The molecule has 24 heavy (non-hydrogen) atoms. The van der Waals surface area contributed by atoms with Gasteiger partial charge in [-0.2, -0.15) is 0 Å². The Morgan fingerprint density at radius 1 is 1.12 bits per heavy atom. The summed E-state index contributed by atoms with van der Waals surface area (Å²) < 4.78 is 23.5. The van der Waals surface area contributed by atoms with Crippen molar-refractivity contribution in [3.63, 3.8) is 0 Å². The number of sulfonamides is 1. The van der Waals surface area contributed by atoms with Gasteiger partial charge in [-0.1, -0.05) is 23.9 Å². The van der Waals surface area contributed by atoms with Gasteiger partial charge >= 0.3 is 0 Å². The molecule has 2 aromatic rings. The largest absolute Gasteiger partial charge is 0.338 e. The lowest BCUT2D eigenvalue weighted by atomic mass is 10.2. The van der Waals surface area contributed by atoms with Crippen LogP contribution in [0.5, 0.6) is 0 Å². The molecule has 1 unspecified atom stereocenters. The standard InChI is InChI=1S/C17H21N3O2S2/c1-12(19(2)3)11-20-14-6-4-5-7-16(14)23-17-9-8-13(10-15(17)20)24(18,21)22/h4-10,12H,11H2,1-3H3,(H2,18,21,22). The van der Waals surface area contributed by atoms with E-state index in [1.807, 2.05) is 32.3 Å². The van der Waals surface area contributed by atoms with E-state index in [0.717, 1.165) is 22.8 Å². The lowest BCUT2D eigenvalue weighted by molar-refractivity contribution is 0.319. The zero-order valence-electron chi connectivity index (χ0n) is 13.9. The lowest BCUT2D eigenvalue weighted by Gasteiger charge is -2.36. The van der Waals surface area contributed by atoms with Gasteiger partial charge in [0.1, 0.15) is 0 Å². The Morgan fingerprint density at radius 3 is 2.46 bits per heavy atom. The van der Waals surface area contributed by atoms with E-state index in [0.29, 0.717) is 6.04 Å². The molecule has 7 heteroatoms. The van der Waals surface area contributed by atoms with Gasteiger partial charge in [-0.15, -0.1) is 0 Å². The Hall–Kier alpha value is -1.54. The maximum absolute atomic E-state index is 11.7. The fourth-order valence-electron chi connectivity index (χ4n) is 2.61. The number of nitrogens with two attached hydrogens (primary N) is 1. The van der Waals surface area contributed by atoms with Gasteiger partial charge in [0.05, 0.1) is 16.3 Å². The number of anilines is 2. The van der Waals surface area contributed by atoms with E-state index in [2.05, 4.69) is 28.9 Å². The van der Waals surface area contributed by atoms with Crippen molar-refractivity contribution in [2.24, 2.45) is 5.14 Å². The summed E-state index contributed by atoms with van der Waals surface area (Å²) >= 11 is 1.65. The number of likely N-dealkylation sites (N-methyl/N-ethyl adjacent to an activating group) is 1. The first kappa shape index (κ1) is 17.3. The van der Waals surface area contributed by atoms with Crippen LogP contribution in [0, 0.1) is 0 Å². The number of benzene rings is 2. The molecule has 1 atom stereocenters. The summed E-state index contributed by atoms with van der Waals surface area (Å²) in [5.74, 6) is 0. The van der Waals surface area contributed by atoms with Crippen molar-refractivity contribution in [2.75, 3.05) is 25.5 Å². The van der Waals surface area contributed by atoms with Gasteiger partial charge in [0.15, 0.2) is 0 Å². The van der Waals surface area contributed by atoms with Gasteiger partial charge < -0.3 is 9.80 Å². The first-order valence-electron chi connectivity index (χ1n) is 7.65. The molecule has 0 saturated carbocycles. The normalized spacial score (nSPS) is 15.1. The Labute approximate surface area is 147 Å². The van der Waals surface area contributed by atoms with E-state index in [1.54, 1.807) is 23.9 Å². The summed E-state index contributed by atoms with van der Waals surface area (Å²) in [6, 6.07) is 13.6. The molecule has 1 aliphatic rings. The minimum Gasteiger partial charge on any atom is -0.338 e. The molecule has 1 heterocycles. The molecule has 0 radical (unpaired) electrons. The summed E-state index contributed by atoms with van der Waals surface area (Å²) in [4.78, 5) is 6.67. The zero-order valence-corrected chi connectivity index (χ0v) is 15.6. The molecule has 1 aliphatic heterocycles. The number of hydrogen-bond donors (Lipinski definition) is 1. The van der Waals surface area contributed by atoms with Crippen molar-refractivity contribution < 1.29 is 8.42 Å². The quantitative estimate of drug-likeness (QED) is 0.905. The second-order valence-electron chi connectivity index (χ2n) is 6.17. The average molecular weight is 364 g/mol. The monoisotopic (exact) mass is 363 g/mol. The third kappa shape index (κ3) is 3.30. The Bertz CT molecular complexity index is 866. The van der Waals surface area contributed by atoms with Gasteiger partial charge in [0.2, 0.25) is 10.0 Å². The molecule has 0 fully saturated rings. The maximum atomic E-state index is 11.7. The first-order chi connectivity index (χ1) is 11.3. The van der Waals surface area contributed by atoms with Crippen molar-refractivity contribution >= 4 is 33.2 Å². The van der Waals surface area contributed by atoms with E-state index >= 15 is 0 Å². The molecule has 5 nitrogen and oxygen atoms in total. The topological polar surface area (TPSA) is 66.6 Å². The molecule has 0 bridgehead atoms. The highest BCUT2D eigenvalue weighted by atomic mass is 32.2. The minimum absolute atomic E-state index is 0.142. The van der Waals surface area contributed by atoms with Crippen LogP contribution in [0.2, 0.25) is 0 Å². The van der Waals surface area contributed by atoms with Crippen molar-refractivity contribution in [2.45, 2.75) is 27.7 Å². The summed E-state index contributed by atoms with van der Waals surface area (Å²) in [6.07, 6.45) is 0. The van der Waals surface area contributed by atoms with Crippen molar-refractivity contribution in [3.05, 3.63) is 42.5 Å². The Balaban J connectivity index is 2.12. The first-order valence-corrected chi connectivity index (χ1v) is 10.0. The molecular weight excluding hydrogens is 342 g/mol. The lowest BCUT2D eigenvalue weighted by Crippen LogP contribution is -2.37. The van der Waals surface area contributed by atoms with Crippen molar-refractivity contribution in [1.29, 1.82) is 0 Å². The predicted molar refractivity (Wildman–Crippen MR) is 98.5 cm³/mol. The number of para-hydroxylation sites is 1. The predicted octanol–water partition coefficient (Wildman–Crippen LogP) is 2.89. The third-order valence-corrected chi connectivity index (χ3v) is 6.30. The summed E-state index contributed by atoms with van der Waals surface area (Å²) in [6.45, 7) is 2.90. The number of nitrogens with zero attached hydrogens (tertiary/aromatic N) is 2. The summed E-state index contributed by atoms with van der Waals surface area (Å²) in [5, 5.41) is 5.32. The van der Waals surface area contributed by atoms with E-state index in [-0.39, 0.29) is 4.90 Å². The van der Waals surface area contributed by atoms with Crippen LogP contribution in [-0.4, -0.2) is 40.0 Å². The van der Waals surface area contributed by atoms with Gasteiger partial charge in [0.25, 0.3) is 0 Å². The summed E-state index contributed by atoms with van der Waals surface area (Å²) in [5.41, 5.74) is 1.98. The van der Waals surface area contributed by atoms with Crippen molar-refractivity contribution in [1.82, 2.24) is 4.90 Å². The van der Waals surface area contributed by atoms with Crippen LogP contribution < -0.4 is 10.0 Å². The van der Waals surface area contributed by atoms with E-state index in [9.17, 15) is 8.42 Å². The fraction of sp³-hybridized carbons (Fsp3) is 0.294. The van der Waals surface area contributed by atoms with Crippen LogP contribution in [0.25, 0.3) is 0 Å². The van der Waals surface area contributed by atoms with Gasteiger partial charge in [-0.3, -0.25) is 0 Å². The highest BCUT2D eigenvalue weighted by molar-refractivity contribution is 7.99. The SMILES string of the molecule is CC(CN1c2ccccc2Sc2ccc(S(N)(=O)=O)cc21)N(C)C. The molecule has 0 aromatic heterocycles. The van der Waals surface area contributed by atoms with Crippen LogP contribution >= 0.6 is 11.8 Å². The Kier molecular flexibility index (Phi) is 4.61. The molecule has 0 aliphatic carbocycles. The zero-order chi connectivity index (χ0) is 17.5. The van der Waals surface area contributed by atoms with Gasteiger partial charge in [-0.25, -0.2) is 13.6 Å². The molecule has 0 saturated heterocycles. The minimum atomic E-state index is -3.73. The van der Waals surface area contributed by atoms with Crippen LogP contribution in [0.1, 0.15) is 6.92 Å². The molecule has 0 spiro atoms. The van der Waals surface area contributed by atoms with E-state index < -0.39 is 10.0 Å². The van der Waals surface area contributed by atoms with Crippen LogP contribution in [0.4, 0.5) is 11.4 Å². The smallest absolute Gasteiger partial charge is 0.238 e. The van der Waals surface area contributed by atoms with Crippen LogP contribution in [0.3, 0.4) is 0 Å². The highest BCUT2D eigenvalue weighted by Crippen LogP contribution is 2.48. The average Bonchev–Trinajstić information content (AvgIpc) is 2.53. The maximum Gasteiger partial charge on any atom is 0.238 e. The fourth-order valence-corrected chi connectivity index (χ4v) is 4.22. The Morgan fingerprint density at radius 2 is 1.79 bits per heavy atom. The van der Waals surface area contributed by atoms with Crippen LogP contribution in [-0.2, 0) is 10.0 Å². The van der Waals surface area contributed by atoms with Gasteiger partial charge in [0, 0.05) is 22.4 Å². The number of rotatable bonds is 4. The molecule has 2 N–H and O–H groups in total. The molecule has 128 valence electrons. The molecule has 0 amide bonds. The molecular formula is C17H21N3O2S2. The van der Waals surface area contributed by atoms with Crippen LogP contribution in [0.15, 0.2) is 57.2 Å². The molecule has 3 rings (SSSR count). The van der Waals surface area contributed by atoms with Gasteiger partial charge in [-0.05, 0) is 51.4 Å². The third-order valence-electron chi connectivity index (χ3n) is 4.25. The van der Waals surface area contributed by atoms with Crippen molar-refractivity contribution in [3.8, 4) is 0 Å². The second kappa shape index (κ2) is 6.40. The number of hydrogen-bond acceptors (Lipinski definition) is 5. The van der Waals surface area contributed by atoms with E-state index in [1.165, 1.54) is 4.90 Å². The molecule has 2 aromatic carbocycles. The van der Waals surface area contributed by atoms with E-state index in [4.69, 9.17) is 5.14 Å².